The number of amides is 1. The average Bonchev–Trinajstić information content (AvgIpc) is 3.26. The van der Waals surface area contributed by atoms with Crippen LogP contribution >= 0.6 is 0 Å². The first kappa shape index (κ1) is 20.2. The molecule has 7 heteroatoms. The number of carbonyl (C=O) groups excluding carboxylic acids is 1. The molecule has 2 aliphatic rings. The summed E-state index contributed by atoms with van der Waals surface area (Å²) in [6.45, 7) is 3.22. The number of carbonyl (C=O) groups is 1. The largest absolute Gasteiger partial charge is 0.336 e. The summed E-state index contributed by atoms with van der Waals surface area (Å²) in [6, 6.07) is 14.9. The highest BCUT2D eigenvalue weighted by molar-refractivity contribution is 7.89. The molecule has 2 heterocycles. The smallest absolute Gasteiger partial charge is 0.254 e. The number of para-hydroxylation sites is 1. The van der Waals surface area contributed by atoms with E-state index in [1.165, 1.54) is 9.87 Å². The van der Waals surface area contributed by atoms with Crippen LogP contribution in [-0.4, -0.2) is 54.7 Å². The molecule has 160 valence electrons. The van der Waals surface area contributed by atoms with E-state index in [4.69, 9.17) is 0 Å². The van der Waals surface area contributed by atoms with E-state index in [0.717, 1.165) is 41.4 Å². The molecule has 6 nitrogen and oxygen atoms in total. The van der Waals surface area contributed by atoms with Gasteiger partial charge in [0.1, 0.15) is 0 Å². The van der Waals surface area contributed by atoms with Crippen molar-refractivity contribution in [1.82, 2.24) is 14.2 Å². The van der Waals surface area contributed by atoms with Crippen molar-refractivity contribution in [2.24, 2.45) is 0 Å². The van der Waals surface area contributed by atoms with Gasteiger partial charge in [-0.05, 0) is 61.6 Å². The fraction of sp³-hybridized carbons (Fsp3) is 0.333. The third kappa shape index (κ3) is 3.62. The Morgan fingerprint density at radius 2 is 1.68 bits per heavy atom. The van der Waals surface area contributed by atoms with E-state index in [2.05, 4.69) is 4.98 Å². The molecule has 0 radical (unpaired) electrons. The molecular weight excluding hydrogens is 410 g/mol. The van der Waals surface area contributed by atoms with Crippen molar-refractivity contribution in [2.75, 3.05) is 26.2 Å². The summed E-state index contributed by atoms with van der Waals surface area (Å²) in [6.07, 6.45) is 3.06. The zero-order valence-corrected chi connectivity index (χ0v) is 18.4. The molecule has 1 fully saturated rings. The minimum absolute atomic E-state index is 0.0729. The van der Waals surface area contributed by atoms with Crippen LogP contribution in [0.15, 0.2) is 53.4 Å². The lowest BCUT2D eigenvalue weighted by molar-refractivity contribution is 0.0699. The van der Waals surface area contributed by atoms with Crippen molar-refractivity contribution in [3.63, 3.8) is 0 Å². The van der Waals surface area contributed by atoms with Gasteiger partial charge in [0, 0.05) is 37.3 Å². The van der Waals surface area contributed by atoms with Gasteiger partial charge in [-0.15, -0.1) is 0 Å². The number of nitrogens with zero attached hydrogens (tertiary/aromatic N) is 3. The van der Waals surface area contributed by atoms with E-state index in [1.807, 2.05) is 49.4 Å². The molecule has 5 rings (SSSR count). The summed E-state index contributed by atoms with van der Waals surface area (Å²) in [5.41, 5.74) is 4.62. The summed E-state index contributed by atoms with van der Waals surface area (Å²) in [4.78, 5) is 19.9. The zero-order chi connectivity index (χ0) is 21.6. The molecule has 2 aromatic carbocycles. The van der Waals surface area contributed by atoms with Crippen molar-refractivity contribution < 1.29 is 13.2 Å². The van der Waals surface area contributed by atoms with Crippen molar-refractivity contribution in [3.8, 4) is 0 Å². The Morgan fingerprint density at radius 3 is 2.48 bits per heavy atom. The Balaban J connectivity index is 1.34. The number of rotatable bonds is 3. The first-order chi connectivity index (χ1) is 14.9. The minimum Gasteiger partial charge on any atom is -0.336 e. The quantitative estimate of drug-likeness (QED) is 0.634. The molecule has 1 aliphatic carbocycles. The van der Waals surface area contributed by atoms with Crippen LogP contribution in [0.3, 0.4) is 0 Å². The molecule has 0 atom stereocenters. The highest BCUT2D eigenvalue weighted by Gasteiger charge is 2.31. The van der Waals surface area contributed by atoms with Gasteiger partial charge in [0.25, 0.3) is 5.91 Å². The van der Waals surface area contributed by atoms with E-state index < -0.39 is 10.0 Å². The number of hydrogen-bond acceptors (Lipinski definition) is 4. The second-order valence-corrected chi connectivity index (χ2v) is 10.2. The van der Waals surface area contributed by atoms with Crippen molar-refractivity contribution >= 4 is 26.8 Å². The van der Waals surface area contributed by atoms with Crippen LogP contribution in [-0.2, 0) is 22.9 Å². The molecule has 3 aromatic rings. The van der Waals surface area contributed by atoms with Crippen LogP contribution in [0.5, 0.6) is 0 Å². The Kier molecular flexibility index (Phi) is 5.02. The van der Waals surface area contributed by atoms with Crippen molar-refractivity contribution in [2.45, 2.75) is 31.1 Å². The Hall–Kier alpha value is -2.77. The van der Waals surface area contributed by atoms with Crippen molar-refractivity contribution in [3.05, 3.63) is 70.9 Å². The molecule has 1 amide bonds. The molecule has 31 heavy (non-hydrogen) atoms. The van der Waals surface area contributed by atoms with Gasteiger partial charge in [-0.1, -0.05) is 24.3 Å². The van der Waals surface area contributed by atoms with E-state index >= 15 is 0 Å². The second-order valence-electron chi connectivity index (χ2n) is 8.31. The first-order valence-corrected chi connectivity index (χ1v) is 12.1. The third-order valence-corrected chi connectivity index (χ3v) is 8.20. The Morgan fingerprint density at radius 1 is 0.935 bits per heavy atom. The van der Waals surface area contributed by atoms with Gasteiger partial charge in [0.15, 0.2) is 0 Å². The summed E-state index contributed by atoms with van der Waals surface area (Å²) in [7, 11) is -3.55. The second kappa shape index (κ2) is 7.73. The molecule has 1 aliphatic heterocycles. The lowest BCUT2D eigenvalue weighted by Gasteiger charge is -2.34. The van der Waals surface area contributed by atoms with E-state index in [0.29, 0.717) is 36.6 Å². The highest BCUT2D eigenvalue weighted by atomic mass is 32.2. The fourth-order valence-corrected chi connectivity index (χ4v) is 6.12. The maximum Gasteiger partial charge on any atom is 0.254 e. The average molecular weight is 436 g/mol. The van der Waals surface area contributed by atoms with Gasteiger partial charge in [-0.2, -0.15) is 4.31 Å². The molecule has 1 aromatic heterocycles. The summed E-state index contributed by atoms with van der Waals surface area (Å²) < 4.78 is 27.8. The molecule has 0 N–H and O–H groups in total. The van der Waals surface area contributed by atoms with E-state index in [9.17, 15) is 13.2 Å². The maximum atomic E-state index is 13.3. The maximum absolute atomic E-state index is 13.3. The van der Waals surface area contributed by atoms with Gasteiger partial charge in [-0.3, -0.25) is 9.78 Å². The summed E-state index contributed by atoms with van der Waals surface area (Å²) in [5, 5.41) is 0.825. The SMILES string of the molecule is Cc1cc(C(=O)N2CCN(S(=O)(=O)c3ccc4c(c3)CCC4)CC2)c2ccccc2n1. The minimum atomic E-state index is -3.55. The van der Waals surface area contributed by atoms with Gasteiger partial charge in [0.05, 0.1) is 16.0 Å². The van der Waals surface area contributed by atoms with Gasteiger partial charge < -0.3 is 4.90 Å². The van der Waals surface area contributed by atoms with E-state index in [1.54, 1.807) is 11.0 Å². The van der Waals surface area contributed by atoms with Crippen LogP contribution in [0.2, 0.25) is 0 Å². The first-order valence-electron chi connectivity index (χ1n) is 10.7. The zero-order valence-electron chi connectivity index (χ0n) is 17.5. The summed E-state index contributed by atoms with van der Waals surface area (Å²) >= 11 is 0. The molecule has 0 spiro atoms. The van der Waals surface area contributed by atoms with Gasteiger partial charge >= 0.3 is 0 Å². The van der Waals surface area contributed by atoms with Gasteiger partial charge in [-0.25, -0.2) is 8.42 Å². The number of fused-ring (bicyclic) bond motifs is 2. The highest BCUT2D eigenvalue weighted by Crippen LogP contribution is 2.27. The number of pyridine rings is 1. The normalized spacial score (nSPS) is 17.1. The number of benzene rings is 2. The predicted molar refractivity (Wildman–Crippen MR) is 120 cm³/mol. The lowest BCUT2D eigenvalue weighted by Crippen LogP contribution is -2.50. The van der Waals surface area contributed by atoms with Crippen LogP contribution in [0.1, 0.15) is 33.6 Å². The summed E-state index contributed by atoms with van der Waals surface area (Å²) in [5.74, 6) is -0.0729. The molecular formula is C24H25N3O3S. The van der Waals surface area contributed by atoms with Crippen molar-refractivity contribution in [1.29, 1.82) is 0 Å². The number of aromatic nitrogens is 1. The van der Waals surface area contributed by atoms with Crippen LogP contribution < -0.4 is 0 Å². The number of sulfonamides is 1. The number of hydrogen-bond donors (Lipinski definition) is 0. The van der Waals surface area contributed by atoms with Crippen LogP contribution in [0, 0.1) is 6.92 Å². The molecule has 0 saturated carbocycles. The van der Waals surface area contributed by atoms with Crippen LogP contribution in [0.4, 0.5) is 0 Å². The Labute approximate surface area is 182 Å². The molecule has 0 unspecified atom stereocenters. The number of aryl methyl sites for hydroxylation is 3. The monoisotopic (exact) mass is 435 g/mol. The predicted octanol–water partition coefficient (Wildman–Crippen LogP) is 3.18. The van der Waals surface area contributed by atoms with Crippen LogP contribution in [0.25, 0.3) is 10.9 Å². The van der Waals surface area contributed by atoms with E-state index in [-0.39, 0.29) is 5.91 Å². The standard InChI is InChI=1S/C24H25N3O3S/c1-17-15-22(21-7-2-3-8-23(21)25-17)24(28)26-11-13-27(14-12-26)31(29,30)20-10-9-18-5-4-6-19(18)16-20/h2-3,7-10,15-16H,4-6,11-14H2,1H3. The fourth-order valence-electron chi connectivity index (χ4n) is 4.64. The molecule has 1 saturated heterocycles. The Bertz CT molecular complexity index is 1280. The number of piperazine rings is 1. The third-order valence-electron chi connectivity index (χ3n) is 6.31. The lowest BCUT2D eigenvalue weighted by atomic mass is 10.1. The van der Waals surface area contributed by atoms with Gasteiger partial charge in [0.2, 0.25) is 10.0 Å². The molecule has 0 bridgehead atoms. The topological polar surface area (TPSA) is 70.6 Å².